The Kier molecular flexibility index (Phi) is 4.50. The lowest BCUT2D eigenvalue weighted by molar-refractivity contribution is 0.630. The molecule has 1 nitrogen and oxygen atoms in total. The highest BCUT2D eigenvalue weighted by Gasteiger charge is 2.05. The summed E-state index contributed by atoms with van der Waals surface area (Å²) in [6, 6.07) is 12.8. The molecule has 0 aliphatic heterocycles. The maximum absolute atomic E-state index is 13.5. The summed E-state index contributed by atoms with van der Waals surface area (Å²) >= 11 is 7.63. The Hall–Kier alpha value is -1.19. The van der Waals surface area contributed by atoms with Gasteiger partial charge in [-0.15, -0.1) is 11.8 Å². The second-order valence-electron chi connectivity index (χ2n) is 3.80. The topological polar surface area (TPSA) is 12.0 Å². The van der Waals surface area contributed by atoms with Crippen molar-refractivity contribution in [1.82, 2.24) is 0 Å². The van der Waals surface area contributed by atoms with Crippen LogP contribution in [0.25, 0.3) is 0 Å². The van der Waals surface area contributed by atoms with Crippen LogP contribution < -0.4 is 5.32 Å². The number of anilines is 1. The van der Waals surface area contributed by atoms with Crippen molar-refractivity contribution in [1.29, 1.82) is 0 Å². The van der Waals surface area contributed by atoms with Crippen molar-refractivity contribution < 1.29 is 4.39 Å². The van der Waals surface area contributed by atoms with Gasteiger partial charge < -0.3 is 5.32 Å². The quantitative estimate of drug-likeness (QED) is 0.807. The molecule has 94 valence electrons. The lowest BCUT2D eigenvalue weighted by Gasteiger charge is -2.09. The van der Waals surface area contributed by atoms with Crippen molar-refractivity contribution in [2.45, 2.75) is 11.4 Å². The Bertz CT molecular complexity index is 508. The number of benzene rings is 2. The number of hydrogen-bond donors (Lipinski definition) is 1. The van der Waals surface area contributed by atoms with Crippen LogP contribution in [-0.2, 0) is 6.54 Å². The van der Waals surface area contributed by atoms with Crippen LogP contribution in [-0.4, -0.2) is 6.26 Å². The van der Waals surface area contributed by atoms with Crippen LogP contribution in [0.2, 0.25) is 5.02 Å². The van der Waals surface area contributed by atoms with Crippen LogP contribution in [0.4, 0.5) is 10.1 Å². The minimum atomic E-state index is -0.330. The van der Waals surface area contributed by atoms with Gasteiger partial charge in [-0.2, -0.15) is 0 Å². The van der Waals surface area contributed by atoms with Crippen LogP contribution >= 0.6 is 23.4 Å². The average molecular weight is 282 g/mol. The number of para-hydroxylation sites is 1. The van der Waals surface area contributed by atoms with E-state index in [9.17, 15) is 4.39 Å². The van der Waals surface area contributed by atoms with Gasteiger partial charge in [-0.25, -0.2) is 4.39 Å². The maximum Gasteiger partial charge on any atom is 0.147 e. The van der Waals surface area contributed by atoms with Crippen LogP contribution in [0.15, 0.2) is 47.4 Å². The Morgan fingerprint density at radius 1 is 1.17 bits per heavy atom. The highest BCUT2D eigenvalue weighted by atomic mass is 35.5. The van der Waals surface area contributed by atoms with E-state index in [1.165, 1.54) is 11.0 Å². The van der Waals surface area contributed by atoms with E-state index in [4.69, 9.17) is 11.6 Å². The van der Waals surface area contributed by atoms with Crippen LogP contribution in [0.3, 0.4) is 0 Å². The third kappa shape index (κ3) is 3.18. The summed E-state index contributed by atoms with van der Waals surface area (Å²) in [5, 5.41) is 3.42. The predicted molar refractivity (Wildman–Crippen MR) is 77.0 cm³/mol. The molecule has 0 fully saturated rings. The Labute approximate surface area is 115 Å². The average Bonchev–Trinajstić information content (AvgIpc) is 2.39. The first-order chi connectivity index (χ1) is 8.70. The highest BCUT2D eigenvalue weighted by molar-refractivity contribution is 7.98. The fourth-order valence-electron chi connectivity index (χ4n) is 1.60. The third-order valence-corrected chi connectivity index (χ3v) is 3.65. The first kappa shape index (κ1) is 13.2. The van der Waals surface area contributed by atoms with Crippen molar-refractivity contribution in [3.63, 3.8) is 0 Å². The van der Waals surface area contributed by atoms with E-state index >= 15 is 0 Å². The molecule has 0 bridgehead atoms. The number of hydrogen-bond acceptors (Lipinski definition) is 2. The van der Waals surface area contributed by atoms with Gasteiger partial charge in [0.2, 0.25) is 0 Å². The molecule has 2 rings (SSSR count). The zero-order valence-electron chi connectivity index (χ0n) is 9.91. The molecule has 0 spiro atoms. The largest absolute Gasteiger partial charge is 0.377 e. The molecular weight excluding hydrogens is 269 g/mol. The van der Waals surface area contributed by atoms with E-state index in [0.29, 0.717) is 17.3 Å². The smallest absolute Gasteiger partial charge is 0.147 e. The van der Waals surface area contributed by atoms with Crippen molar-refractivity contribution >= 4 is 29.1 Å². The molecule has 4 heteroatoms. The van der Waals surface area contributed by atoms with Crippen LogP contribution in [0, 0.1) is 5.82 Å². The van der Waals surface area contributed by atoms with Gasteiger partial charge in [0, 0.05) is 11.4 Å². The lowest BCUT2D eigenvalue weighted by Crippen LogP contribution is -2.01. The first-order valence-corrected chi connectivity index (χ1v) is 7.12. The first-order valence-electron chi connectivity index (χ1n) is 5.51. The van der Waals surface area contributed by atoms with Gasteiger partial charge in [-0.1, -0.05) is 29.8 Å². The molecule has 0 aromatic heterocycles. The van der Waals surface area contributed by atoms with Crippen molar-refractivity contribution in [2.75, 3.05) is 11.6 Å². The highest BCUT2D eigenvalue weighted by Crippen LogP contribution is 2.25. The van der Waals surface area contributed by atoms with Gasteiger partial charge in [-0.05, 0) is 36.1 Å². The standard InChI is InChI=1S/C14H13ClFNS/c1-18-11-7-5-10(6-8-11)9-17-14-12(15)3-2-4-13(14)16/h2-8,17H,9H2,1H3. The van der Waals surface area contributed by atoms with E-state index in [2.05, 4.69) is 5.32 Å². The zero-order valence-corrected chi connectivity index (χ0v) is 11.5. The summed E-state index contributed by atoms with van der Waals surface area (Å²) in [4.78, 5) is 1.21. The second-order valence-corrected chi connectivity index (χ2v) is 5.09. The molecule has 0 saturated heterocycles. The molecule has 18 heavy (non-hydrogen) atoms. The molecule has 0 amide bonds. The Morgan fingerprint density at radius 2 is 1.89 bits per heavy atom. The van der Waals surface area contributed by atoms with Gasteiger partial charge in [0.25, 0.3) is 0 Å². The van der Waals surface area contributed by atoms with Gasteiger partial charge in [0.05, 0.1) is 10.7 Å². The molecule has 2 aromatic rings. The van der Waals surface area contributed by atoms with E-state index in [1.807, 2.05) is 30.5 Å². The summed E-state index contributed by atoms with van der Waals surface area (Å²) in [7, 11) is 0. The van der Waals surface area contributed by atoms with Gasteiger partial charge in [0.15, 0.2) is 0 Å². The number of rotatable bonds is 4. The molecule has 0 heterocycles. The summed E-state index contributed by atoms with van der Waals surface area (Å²) in [6.07, 6.45) is 2.03. The fourth-order valence-corrected chi connectivity index (χ4v) is 2.24. The van der Waals surface area contributed by atoms with Crippen LogP contribution in [0.5, 0.6) is 0 Å². The second kappa shape index (κ2) is 6.12. The molecule has 0 atom stereocenters. The van der Waals surface area contributed by atoms with E-state index in [0.717, 1.165) is 5.56 Å². The van der Waals surface area contributed by atoms with E-state index in [-0.39, 0.29) is 5.82 Å². The number of halogens is 2. The van der Waals surface area contributed by atoms with Crippen molar-refractivity contribution in [3.8, 4) is 0 Å². The van der Waals surface area contributed by atoms with Gasteiger partial charge in [0.1, 0.15) is 5.82 Å². The van der Waals surface area contributed by atoms with Gasteiger partial charge >= 0.3 is 0 Å². The molecule has 0 aliphatic carbocycles. The Morgan fingerprint density at radius 3 is 2.50 bits per heavy atom. The molecule has 0 aliphatic rings. The maximum atomic E-state index is 13.5. The predicted octanol–water partition coefficient (Wildman–Crippen LogP) is 4.81. The number of nitrogens with one attached hydrogen (secondary N) is 1. The summed E-state index contributed by atoms with van der Waals surface area (Å²) in [6.45, 7) is 0.551. The molecule has 0 radical (unpaired) electrons. The monoisotopic (exact) mass is 281 g/mol. The molecule has 1 N–H and O–H groups in total. The van der Waals surface area contributed by atoms with Crippen molar-refractivity contribution in [3.05, 3.63) is 58.9 Å². The fraction of sp³-hybridized carbons (Fsp3) is 0.143. The van der Waals surface area contributed by atoms with E-state index < -0.39 is 0 Å². The molecule has 2 aromatic carbocycles. The van der Waals surface area contributed by atoms with Crippen molar-refractivity contribution in [2.24, 2.45) is 0 Å². The lowest BCUT2D eigenvalue weighted by atomic mass is 10.2. The summed E-state index contributed by atoms with van der Waals surface area (Å²) in [5.41, 5.74) is 1.44. The van der Waals surface area contributed by atoms with E-state index in [1.54, 1.807) is 23.9 Å². The summed E-state index contributed by atoms with van der Waals surface area (Å²) < 4.78 is 13.5. The minimum Gasteiger partial charge on any atom is -0.377 e. The number of thioether (sulfide) groups is 1. The van der Waals surface area contributed by atoms with Crippen LogP contribution in [0.1, 0.15) is 5.56 Å². The van der Waals surface area contributed by atoms with Gasteiger partial charge in [-0.3, -0.25) is 0 Å². The third-order valence-electron chi connectivity index (χ3n) is 2.59. The zero-order chi connectivity index (χ0) is 13.0. The molecule has 0 unspecified atom stereocenters. The molecular formula is C14H13ClFNS. The molecule has 0 saturated carbocycles. The SMILES string of the molecule is CSc1ccc(CNc2c(F)cccc2Cl)cc1. The normalized spacial score (nSPS) is 10.4. The summed E-state index contributed by atoms with van der Waals surface area (Å²) in [5.74, 6) is -0.330. The Balaban J connectivity index is 2.06. The minimum absolute atomic E-state index is 0.330.